The molecule has 6 heteroatoms. The first-order valence-electron chi connectivity index (χ1n) is 9.27. The SMILES string of the molecule is O=C(C1CC(O)C1)N1CCOC2CC(COCc3cccnc3)CC21. The van der Waals surface area contributed by atoms with Crippen LogP contribution in [0.25, 0.3) is 0 Å². The molecule has 0 bridgehead atoms. The van der Waals surface area contributed by atoms with Crippen molar-refractivity contribution >= 4 is 5.91 Å². The Hall–Kier alpha value is -1.50. The molecule has 136 valence electrons. The minimum atomic E-state index is -0.289. The number of nitrogens with zero attached hydrogens (tertiary/aromatic N) is 2. The van der Waals surface area contributed by atoms with Crippen molar-refractivity contribution in [3.8, 4) is 0 Å². The molecular weight excluding hydrogens is 320 g/mol. The lowest BCUT2D eigenvalue weighted by Gasteiger charge is -2.42. The van der Waals surface area contributed by atoms with Gasteiger partial charge in [0.1, 0.15) is 0 Å². The summed E-state index contributed by atoms with van der Waals surface area (Å²) in [5.74, 6) is 0.641. The maximum Gasteiger partial charge on any atom is 0.226 e. The second kappa shape index (κ2) is 7.40. The van der Waals surface area contributed by atoms with Crippen LogP contribution in [0.3, 0.4) is 0 Å². The second-order valence-corrected chi connectivity index (χ2v) is 7.54. The smallest absolute Gasteiger partial charge is 0.226 e. The number of aromatic nitrogens is 1. The lowest BCUT2D eigenvalue weighted by atomic mass is 9.81. The van der Waals surface area contributed by atoms with Crippen LogP contribution in [0.4, 0.5) is 0 Å². The van der Waals surface area contributed by atoms with Crippen molar-refractivity contribution in [2.75, 3.05) is 19.8 Å². The Morgan fingerprint density at radius 1 is 1.36 bits per heavy atom. The van der Waals surface area contributed by atoms with E-state index in [9.17, 15) is 9.90 Å². The third-order valence-corrected chi connectivity index (χ3v) is 5.72. The first kappa shape index (κ1) is 16.9. The Kier molecular flexibility index (Phi) is 5.01. The van der Waals surface area contributed by atoms with Crippen LogP contribution in [-0.2, 0) is 20.9 Å². The minimum Gasteiger partial charge on any atom is -0.393 e. The van der Waals surface area contributed by atoms with Gasteiger partial charge in [-0.25, -0.2) is 0 Å². The van der Waals surface area contributed by atoms with Gasteiger partial charge in [-0.05, 0) is 43.2 Å². The van der Waals surface area contributed by atoms with Crippen molar-refractivity contribution in [1.29, 1.82) is 0 Å². The molecule has 3 atom stereocenters. The predicted molar refractivity (Wildman–Crippen MR) is 90.6 cm³/mol. The van der Waals surface area contributed by atoms with Crippen LogP contribution >= 0.6 is 0 Å². The Bertz CT molecular complexity index is 590. The van der Waals surface area contributed by atoms with Gasteiger partial charge in [-0.15, -0.1) is 0 Å². The fraction of sp³-hybridized carbons (Fsp3) is 0.684. The highest BCUT2D eigenvalue weighted by Gasteiger charge is 2.45. The third kappa shape index (κ3) is 3.71. The van der Waals surface area contributed by atoms with Gasteiger partial charge >= 0.3 is 0 Å². The van der Waals surface area contributed by atoms with Gasteiger partial charge in [0.05, 0.1) is 38.1 Å². The highest BCUT2D eigenvalue weighted by molar-refractivity contribution is 5.80. The van der Waals surface area contributed by atoms with Crippen LogP contribution < -0.4 is 0 Å². The number of aliphatic hydroxyl groups is 1. The third-order valence-electron chi connectivity index (χ3n) is 5.72. The first-order chi connectivity index (χ1) is 12.2. The Morgan fingerprint density at radius 2 is 2.24 bits per heavy atom. The number of hydrogen-bond acceptors (Lipinski definition) is 5. The monoisotopic (exact) mass is 346 g/mol. The Morgan fingerprint density at radius 3 is 3.00 bits per heavy atom. The van der Waals surface area contributed by atoms with E-state index in [1.54, 1.807) is 6.20 Å². The number of morpholine rings is 1. The highest BCUT2D eigenvalue weighted by atomic mass is 16.5. The van der Waals surface area contributed by atoms with E-state index in [1.807, 2.05) is 23.2 Å². The van der Waals surface area contributed by atoms with E-state index in [1.165, 1.54) is 0 Å². The van der Waals surface area contributed by atoms with Crippen LogP contribution in [-0.4, -0.2) is 58.9 Å². The summed E-state index contributed by atoms with van der Waals surface area (Å²) in [4.78, 5) is 18.8. The maximum absolute atomic E-state index is 12.7. The summed E-state index contributed by atoms with van der Waals surface area (Å²) in [5, 5.41) is 9.47. The van der Waals surface area contributed by atoms with E-state index < -0.39 is 0 Å². The molecule has 0 spiro atoms. The molecule has 6 nitrogen and oxygen atoms in total. The quantitative estimate of drug-likeness (QED) is 0.872. The molecule has 0 aromatic carbocycles. The molecule has 1 aliphatic heterocycles. The van der Waals surface area contributed by atoms with Gasteiger partial charge in [0.25, 0.3) is 0 Å². The highest BCUT2D eigenvalue weighted by Crippen LogP contribution is 2.37. The predicted octanol–water partition coefficient (Wildman–Crippen LogP) is 1.38. The molecule has 1 amide bonds. The summed E-state index contributed by atoms with van der Waals surface area (Å²) >= 11 is 0. The van der Waals surface area contributed by atoms with Gasteiger partial charge in [-0.3, -0.25) is 9.78 Å². The number of ether oxygens (including phenoxy) is 2. The summed E-state index contributed by atoms with van der Waals surface area (Å²) in [7, 11) is 0. The van der Waals surface area contributed by atoms with Crippen LogP contribution in [0.1, 0.15) is 31.2 Å². The number of rotatable bonds is 5. The van der Waals surface area contributed by atoms with Crippen molar-refractivity contribution in [3.05, 3.63) is 30.1 Å². The molecule has 25 heavy (non-hydrogen) atoms. The zero-order chi connectivity index (χ0) is 17.2. The van der Waals surface area contributed by atoms with Gasteiger partial charge in [0, 0.05) is 24.9 Å². The molecule has 1 N–H and O–H groups in total. The number of carbonyl (C=O) groups is 1. The molecular formula is C19H26N2O4. The molecule has 2 saturated carbocycles. The first-order valence-corrected chi connectivity index (χ1v) is 9.27. The van der Waals surface area contributed by atoms with Crippen LogP contribution in [0.2, 0.25) is 0 Å². The number of pyridine rings is 1. The van der Waals surface area contributed by atoms with Crippen molar-refractivity contribution < 1.29 is 19.4 Å². The second-order valence-electron chi connectivity index (χ2n) is 7.54. The molecule has 0 radical (unpaired) electrons. The van der Waals surface area contributed by atoms with Gasteiger partial charge in [-0.2, -0.15) is 0 Å². The van der Waals surface area contributed by atoms with E-state index in [0.29, 0.717) is 45.1 Å². The lowest BCUT2D eigenvalue weighted by Crippen LogP contribution is -2.55. The standard InChI is InChI=1S/C19H26N2O4/c22-16-8-15(9-16)19(23)21-4-5-25-18-7-14(6-17(18)21)12-24-11-13-2-1-3-20-10-13/h1-3,10,14-18,22H,4-9,11-12H2. The summed E-state index contributed by atoms with van der Waals surface area (Å²) in [5.41, 5.74) is 1.08. The van der Waals surface area contributed by atoms with Gasteiger partial charge in [0.2, 0.25) is 5.91 Å². The van der Waals surface area contributed by atoms with Crippen LogP contribution in [0.15, 0.2) is 24.5 Å². The zero-order valence-electron chi connectivity index (χ0n) is 14.4. The fourth-order valence-corrected chi connectivity index (χ4v) is 4.31. The molecule has 1 aromatic heterocycles. The van der Waals surface area contributed by atoms with Crippen molar-refractivity contribution in [2.24, 2.45) is 11.8 Å². The normalized spacial score (nSPS) is 34.4. The number of carbonyl (C=O) groups excluding carboxylic acids is 1. The summed E-state index contributed by atoms with van der Waals surface area (Å²) in [6, 6.07) is 4.10. The molecule has 3 unspecified atom stereocenters. The molecule has 3 aliphatic rings. The zero-order valence-corrected chi connectivity index (χ0v) is 14.4. The fourth-order valence-electron chi connectivity index (χ4n) is 4.31. The summed E-state index contributed by atoms with van der Waals surface area (Å²) in [6.07, 6.45) is 6.56. The maximum atomic E-state index is 12.7. The van der Waals surface area contributed by atoms with E-state index in [4.69, 9.17) is 9.47 Å². The summed E-state index contributed by atoms with van der Waals surface area (Å²) < 4.78 is 11.8. The Labute approximate surface area is 148 Å². The van der Waals surface area contributed by atoms with Gasteiger partial charge in [-0.1, -0.05) is 6.07 Å². The van der Waals surface area contributed by atoms with Gasteiger partial charge < -0.3 is 19.5 Å². The molecule has 3 fully saturated rings. The lowest BCUT2D eigenvalue weighted by molar-refractivity contribution is -0.154. The van der Waals surface area contributed by atoms with E-state index in [-0.39, 0.29) is 30.1 Å². The number of hydrogen-bond donors (Lipinski definition) is 1. The number of amides is 1. The largest absolute Gasteiger partial charge is 0.393 e. The molecule has 2 heterocycles. The molecule has 1 aromatic rings. The summed E-state index contributed by atoms with van der Waals surface area (Å²) in [6.45, 7) is 2.56. The Balaban J connectivity index is 1.29. The van der Waals surface area contributed by atoms with Crippen LogP contribution in [0, 0.1) is 11.8 Å². The van der Waals surface area contributed by atoms with Crippen LogP contribution in [0.5, 0.6) is 0 Å². The van der Waals surface area contributed by atoms with E-state index >= 15 is 0 Å². The molecule has 2 aliphatic carbocycles. The molecule has 1 saturated heterocycles. The topological polar surface area (TPSA) is 71.9 Å². The van der Waals surface area contributed by atoms with E-state index in [0.717, 1.165) is 18.4 Å². The molecule has 4 rings (SSSR count). The van der Waals surface area contributed by atoms with Crippen molar-refractivity contribution in [3.63, 3.8) is 0 Å². The average Bonchev–Trinajstić information content (AvgIpc) is 3.02. The number of aliphatic hydroxyl groups excluding tert-OH is 1. The number of fused-ring (bicyclic) bond motifs is 1. The van der Waals surface area contributed by atoms with Crippen molar-refractivity contribution in [1.82, 2.24) is 9.88 Å². The van der Waals surface area contributed by atoms with E-state index in [2.05, 4.69) is 4.98 Å². The van der Waals surface area contributed by atoms with Crippen molar-refractivity contribution in [2.45, 2.75) is 50.5 Å². The average molecular weight is 346 g/mol. The minimum absolute atomic E-state index is 0.00892. The van der Waals surface area contributed by atoms with Gasteiger partial charge in [0.15, 0.2) is 0 Å².